The summed E-state index contributed by atoms with van der Waals surface area (Å²) in [6.45, 7) is 0. The first-order chi connectivity index (χ1) is 8.66. The number of imidazole rings is 1. The van der Waals surface area contributed by atoms with Crippen LogP contribution in [0.2, 0.25) is 0 Å². The number of nitrogens with one attached hydrogen (secondary N) is 1. The van der Waals surface area contributed by atoms with Gasteiger partial charge in [0.25, 0.3) is 0 Å². The standard InChI is InChI=1S/C13H8BrFN2O/c14-10-5-2-6-11-12(10)17(13(18)16-11)9-4-1-3-8(15)7-9/h1-7H,(H,16,18). The van der Waals surface area contributed by atoms with E-state index in [1.165, 1.54) is 16.7 Å². The molecule has 0 saturated carbocycles. The highest BCUT2D eigenvalue weighted by Crippen LogP contribution is 2.24. The minimum Gasteiger partial charge on any atom is -0.305 e. The Kier molecular flexibility index (Phi) is 2.56. The van der Waals surface area contributed by atoms with Gasteiger partial charge >= 0.3 is 5.69 Å². The lowest BCUT2D eigenvalue weighted by atomic mass is 10.3. The predicted molar refractivity (Wildman–Crippen MR) is 71.6 cm³/mol. The second-order valence-electron chi connectivity index (χ2n) is 3.88. The number of hydrogen-bond acceptors (Lipinski definition) is 1. The van der Waals surface area contributed by atoms with Gasteiger partial charge in [-0.15, -0.1) is 0 Å². The van der Waals surface area contributed by atoms with Gasteiger partial charge in [-0.3, -0.25) is 4.57 Å². The maximum absolute atomic E-state index is 13.3. The summed E-state index contributed by atoms with van der Waals surface area (Å²) in [5.41, 5.74) is 1.62. The molecule has 0 aliphatic carbocycles. The van der Waals surface area contributed by atoms with Gasteiger partial charge in [-0.2, -0.15) is 0 Å². The van der Waals surface area contributed by atoms with E-state index < -0.39 is 0 Å². The van der Waals surface area contributed by atoms with E-state index in [1.54, 1.807) is 18.2 Å². The summed E-state index contributed by atoms with van der Waals surface area (Å²) in [5, 5.41) is 0. The van der Waals surface area contributed by atoms with Crippen LogP contribution in [0.1, 0.15) is 0 Å². The molecule has 0 aliphatic rings. The smallest absolute Gasteiger partial charge is 0.305 e. The number of fused-ring (bicyclic) bond motifs is 1. The highest BCUT2D eigenvalue weighted by atomic mass is 79.9. The summed E-state index contributed by atoms with van der Waals surface area (Å²) in [6.07, 6.45) is 0. The van der Waals surface area contributed by atoms with E-state index in [0.717, 1.165) is 4.47 Å². The van der Waals surface area contributed by atoms with Crippen LogP contribution >= 0.6 is 15.9 Å². The largest absolute Gasteiger partial charge is 0.331 e. The van der Waals surface area contributed by atoms with Crippen molar-refractivity contribution in [3.8, 4) is 5.69 Å². The van der Waals surface area contributed by atoms with Crippen molar-refractivity contribution < 1.29 is 4.39 Å². The SMILES string of the molecule is O=c1[nH]c2cccc(Br)c2n1-c1cccc(F)c1. The molecule has 0 amide bonds. The molecule has 0 bridgehead atoms. The lowest BCUT2D eigenvalue weighted by molar-refractivity contribution is 0.626. The molecule has 3 rings (SSSR count). The van der Waals surface area contributed by atoms with Crippen LogP contribution in [0.5, 0.6) is 0 Å². The molecule has 0 spiro atoms. The second kappa shape index (κ2) is 4.10. The van der Waals surface area contributed by atoms with Crippen molar-refractivity contribution in [3.63, 3.8) is 0 Å². The van der Waals surface area contributed by atoms with Crippen molar-refractivity contribution in [1.82, 2.24) is 9.55 Å². The zero-order valence-electron chi connectivity index (χ0n) is 9.15. The molecule has 3 nitrogen and oxygen atoms in total. The summed E-state index contributed by atoms with van der Waals surface area (Å²) in [7, 11) is 0. The molecule has 0 saturated heterocycles. The van der Waals surface area contributed by atoms with Crippen LogP contribution in [0, 0.1) is 5.82 Å². The van der Waals surface area contributed by atoms with E-state index in [2.05, 4.69) is 20.9 Å². The number of hydrogen-bond donors (Lipinski definition) is 1. The maximum Gasteiger partial charge on any atom is 0.331 e. The number of rotatable bonds is 1. The molecule has 1 heterocycles. The van der Waals surface area contributed by atoms with E-state index >= 15 is 0 Å². The van der Waals surface area contributed by atoms with Crippen LogP contribution in [0.25, 0.3) is 16.7 Å². The van der Waals surface area contributed by atoms with Crippen LogP contribution in [0.4, 0.5) is 4.39 Å². The molecule has 0 fully saturated rings. The first-order valence-electron chi connectivity index (χ1n) is 5.32. The van der Waals surface area contributed by atoms with Crippen molar-refractivity contribution in [3.05, 3.63) is 63.2 Å². The van der Waals surface area contributed by atoms with E-state index in [9.17, 15) is 9.18 Å². The van der Waals surface area contributed by atoms with Crippen molar-refractivity contribution in [2.45, 2.75) is 0 Å². The van der Waals surface area contributed by atoms with Gasteiger partial charge in [-0.25, -0.2) is 9.18 Å². The number of H-pyrrole nitrogens is 1. The highest BCUT2D eigenvalue weighted by molar-refractivity contribution is 9.10. The molecule has 18 heavy (non-hydrogen) atoms. The van der Waals surface area contributed by atoms with Gasteiger partial charge in [-0.05, 0) is 46.3 Å². The molecule has 1 aromatic heterocycles. The number of halogens is 2. The third-order valence-electron chi connectivity index (χ3n) is 2.72. The fraction of sp³-hybridized carbons (Fsp3) is 0. The topological polar surface area (TPSA) is 37.8 Å². The Labute approximate surface area is 110 Å². The van der Waals surface area contributed by atoms with Crippen molar-refractivity contribution >= 4 is 27.0 Å². The van der Waals surface area contributed by atoms with Crippen molar-refractivity contribution in [2.75, 3.05) is 0 Å². The number of aromatic nitrogens is 2. The van der Waals surface area contributed by atoms with Gasteiger partial charge in [0.05, 0.1) is 16.7 Å². The summed E-state index contributed by atoms with van der Waals surface area (Å²) in [5.74, 6) is -0.374. The van der Waals surface area contributed by atoms with Gasteiger partial charge in [-0.1, -0.05) is 12.1 Å². The number of aromatic amines is 1. The molecule has 1 N–H and O–H groups in total. The summed E-state index contributed by atoms with van der Waals surface area (Å²) >= 11 is 3.40. The summed E-state index contributed by atoms with van der Waals surface area (Å²) < 4.78 is 15.5. The van der Waals surface area contributed by atoms with E-state index in [0.29, 0.717) is 16.7 Å². The van der Waals surface area contributed by atoms with E-state index in [1.807, 2.05) is 12.1 Å². The lowest BCUT2D eigenvalue weighted by Gasteiger charge is -2.04. The molecule has 0 unspecified atom stereocenters. The Morgan fingerprint density at radius 2 is 1.94 bits per heavy atom. The Bertz CT molecular complexity index is 791. The van der Waals surface area contributed by atoms with Gasteiger partial charge < -0.3 is 4.98 Å². The summed E-state index contributed by atoms with van der Waals surface area (Å²) in [6, 6.07) is 11.4. The van der Waals surface area contributed by atoms with Crippen molar-refractivity contribution in [2.24, 2.45) is 0 Å². The molecule has 0 radical (unpaired) electrons. The average molecular weight is 307 g/mol. The van der Waals surface area contributed by atoms with Gasteiger partial charge in [0.1, 0.15) is 5.82 Å². The van der Waals surface area contributed by atoms with E-state index in [4.69, 9.17) is 0 Å². The molecule has 3 aromatic rings. The zero-order chi connectivity index (χ0) is 12.7. The Morgan fingerprint density at radius 1 is 1.17 bits per heavy atom. The number of benzene rings is 2. The normalized spacial score (nSPS) is 11.0. The predicted octanol–water partition coefficient (Wildman–Crippen LogP) is 3.22. The molecule has 0 aliphatic heterocycles. The van der Waals surface area contributed by atoms with Crippen LogP contribution in [-0.2, 0) is 0 Å². The third kappa shape index (κ3) is 1.67. The molecule has 0 atom stereocenters. The molecule has 90 valence electrons. The number of para-hydroxylation sites is 1. The average Bonchev–Trinajstić information content (AvgIpc) is 2.67. The lowest BCUT2D eigenvalue weighted by Crippen LogP contribution is -2.14. The fourth-order valence-corrected chi connectivity index (χ4v) is 2.52. The molecule has 5 heteroatoms. The van der Waals surface area contributed by atoms with Gasteiger partial charge in [0, 0.05) is 4.47 Å². The van der Waals surface area contributed by atoms with Gasteiger partial charge in [0.15, 0.2) is 0 Å². The zero-order valence-corrected chi connectivity index (χ0v) is 10.7. The number of nitrogens with zero attached hydrogens (tertiary/aromatic N) is 1. The Balaban J connectivity index is 2.42. The van der Waals surface area contributed by atoms with Crippen LogP contribution in [0.3, 0.4) is 0 Å². The van der Waals surface area contributed by atoms with Crippen LogP contribution < -0.4 is 5.69 Å². The van der Waals surface area contributed by atoms with Crippen molar-refractivity contribution in [1.29, 1.82) is 0 Å². The molecule has 2 aromatic carbocycles. The van der Waals surface area contributed by atoms with Gasteiger partial charge in [0.2, 0.25) is 0 Å². The van der Waals surface area contributed by atoms with Crippen LogP contribution in [-0.4, -0.2) is 9.55 Å². The Hall–Kier alpha value is -1.88. The summed E-state index contributed by atoms with van der Waals surface area (Å²) in [4.78, 5) is 14.7. The third-order valence-corrected chi connectivity index (χ3v) is 3.36. The minimum atomic E-state index is -0.374. The first kappa shape index (κ1) is 11.2. The first-order valence-corrected chi connectivity index (χ1v) is 6.11. The Morgan fingerprint density at radius 3 is 2.72 bits per heavy atom. The highest BCUT2D eigenvalue weighted by Gasteiger charge is 2.11. The minimum absolute atomic E-state index is 0.289. The fourth-order valence-electron chi connectivity index (χ4n) is 1.98. The quantitative estimate of drug-likeness (QED) is 0.736. The second-order valence-corrected chi connectivity index (χ2v) is 4.74. The molecular formula is C13H8BrFN2O. The molecular weight excluding hydrogens is 299 g/mol. The monoisotopic (exact) mass is 306 g/mol. The van der Waals surface area contributed by atoms with Crippen LogP contribution in [0.15, 0.2) is 51.7 Å². The van der Waals surface area contributed by atoms with E-state index in [-0.39, 0.29) is 11.5 Å². The maximum atomic E-state index is 13.3.